The predicted octanol–water partition coefficient (Wildman–Crippen LogP) is 1.62. The molecular weight excluding hydrogens is 162 g/mol. The average molecular weight is 177 g/mol. The van der Waals surface area contributed by atoms with Crippen LogP contribution in [0.4, 0.5) is 0 Å². The van der Waals surface area contributed by atoms with Crippen LogP contribution >= 0.6 is 0 Å². The number of hydrogen-bond acceptors (Lipinski definition) is 2. The Balaban J connectivity index is 2.43. The quantitative estimate of drug-likeness (QED) is 0.661. The van der Waals surface area contributed by atoms with Crippen molar-refractivity contribution in [1.29, 1.82) is 0 Å². The normalized spacial score (nSPS) is 17.8. The molecule has 2 nitrogen and oxygen atoms in total. The van der Waals surface area contributed by atoms with Gasteiger partial charge in [-0.15, -0.1) is 6.42 Å². The van der Waals surface area contributed by atoms with Crippen molar-refractivity contribution >= 4 is 5.78 Å². The van der Waals surface area contributed by atoms with Gasteiger partial charge in [0.2, 0.25) is 0 Å². The first-order valence-electron chi connectivity index (χ1n) is 4.72. The summed E-state index contributed by atoms with van der Waals surface area (Å²) >= 11 is 0. The van der Waals surface area contributed by atoms with E-state index in [-0.39, 0.29) is 11.8 Å². The van der Waals surface area contributed by atoms with Crippen molar-refractivity contribution in [1.82, 2.24) is 5.32 Å². The SMILES string of the molecule is C#CC(CCC)NC1=CC(=O)CC1. The smallest absolute Gasteiger partial charge is 0.157 e. The van der Waals surface area contributed by atoms with Gasteiger partial charge >= 0.3 is 0 Å². The Labute approximate surface area is 79.4 Å². The number of ketones is 1. The highest BCUT2D eigenvalue weighted by atomic mass is 16.1. The van der Waals surface area contributed by atoms with Crippen LogP contribution in [0.25, 0.3) is 0 Å². The van der Waals surface area contributed by atoms with Crippen molar-refractivity contribution in [2.24, 2.45) is 0 Å². The maximum Gasteiger partial charge on any atom is 0.157 e. The maximum atomic E-state index is 10.9. The Bertz CT molecular complexity index is 260. The van der Waals surface area contributed by atoms with Gasteiger partial charge in [-0.25, -0.2) is 0 Å². The zero-order valence-electron chi connectivity index (χ0n) is 7.97. The summed E-state index contributed by atoms with van der Waals surface area (Å²) in [5.74, 6) is 2.88. The lowest BCUT2D eigenvalue weighted by molar-refractivity contribution is -0.114. The number of carbonyl (C=O) groups is 1. The monoisotopic (exact) mass is 177 g/mol. The molecule has 0 heterocycles. The van der Waals surface area contributed by atoms with Crippen molar-refractivity contribution < 1.29 is 4.79 Å². The first kappa shape index (κ1) is 9.85. The van der Waals surface area contributed by atoms with Gasteiger partial charge in [0.25, 0.3) is 0 Å². The average Bonchev–Trinajstić information content (AvgIpc) is 2.50. The molecule has 0 aliphatic heterocycles. The summed E-state index contributed by atoms with van der Waals surface area (Å²) in [4.78, 5) is 10.9. The molecule has 70 valence electrons. The summed E-state index contributed by atoms with van der Waals surface area (Å²) in [6.07, 6.45) is 10.5. The molecular formula is C11H15NO. The molecule has 0 aromatic heterocycles. The van der Waals surface area contributed by atoms with E-state index in [0.29, 0.717) is 6.42 Å². The van der Waals surface area contributed by atoms with E-state index in [4.69, 9.17) is 6.42 Å². The molecule has 0 saturated heterocycles. The van der Waals surface area contributed by atoms with Crippen LogP contribution in [-0.4, -0.2) is 11.8 Å². The molecule has 1 N–H and O–H groups in total. The third-order valence-electron chi connectivity index (χ3n) is 2.11. The van der Waals surface area contributed by atoms with Gasteiger partial charge < -0.3 is 5.32 Å². The Morgan fingerprint density at radius 3 is 2.92 bits per heavy atom. The molecule has 0 radical (unpaired) electrons. The van der Waals surface area contributed by atoms with E-state index >= 15 is 0 Å². The highest BCUT2D eigenvalue weighted by Crippen LogP contribution is 2.13. The number of carbonyl (C=O) groups excluding carboxylic acids is 1. The third-order valence-corrected chi connectivity index (χ3v) is 2.11. The van der Waals surface area contributed by atoms with Crippen molar-refractivity contribution in [3.8, 4) is 12.3 Å². The summed E-state index contributed by atoms with van der Waals surface area (Å²) in [6.45, 7) is 2.10. The van der Waals surface area contributed by atoms with Gasteiger partial charge in [-0.3, -0.25) is 4.79 Å². The Morgan fingerprint density at radius 1 is 1.69 bits per heavy atom. The second-order valence-electron chi connectivity index (χ2n) is 3.29. The van der Waals surface area contributed by atoms with Gasteiger partial charge in [0.15, 0.2) is 5.78 Å². The van der Waals surface area contributed by atoms with E-state index in [2.05, 4.69) is 18.2 Å². The number of terminal acetylenes is 1. The lowest BCUT2D eigenvalue weighted by Gasteiger charge is -2.13. The Kier molecular flexibility index (Phi) is 3.57. The van der Waals surface area contributed by atoms with Gasteiger partial charge in [0, 0.05) is 18.2 Å². The molecule has 13 heavy (non-hydrogen) atoms. The molecule has 1 rings (SSSR count). The molecule has 0 spiro atoms. The van der Waals surface area contributed by atoms with Crippen LogP contribution in [0.2, 0.25) is 0 Å². The molecule has 0 saturated carbocycles. The van der Waals surface area contributed by atoms with Crippen molar-refractivity contribution in [2.45, 2.75) is 38.6 Å². The van der Waals surface area contributed by atoms with Crippen molar-refractivity contribution in [3.05, 3.63) is 11.8 Å². The molecule has 0 fully saturated rings. The summed E-state index contributed by atoms with van der Waals surface area (Å²) in [5, 5.41) is 3.20. The van der Waals surface area contributed by atoms with Crippen LogP contribution in [0.15, 0.2) is 11.8 Å². The standard InChI is InChI=1S/C11H15NO/c1-3-5-9(4-2)12-10-6-7-11(13)8-10/h2,8-9,12H,3,5-7H2,1H3. The summed E-state index contributed by atoms with van der Waals surface area (Å²) < 4.78 is 0. The van der Waals surface area contributed by atoms with E-state index in [0.717, 1.165) is 25.0 Å². The van der Waals surface area contributed by atoms with E-state index in [1.807, 2.05) is 0 Å². The van der Waals surface area contributed by atoms with Crippen LogP contribution < -0.4 is 5.32 Å². The number of allylic oxidation sites excluding steroid dienone is 2. The highest BCUT2D eigenvalue weighted by molar-refractivity contribution is 5.92. The molecule has 1 unspecified atom stereocenters. The molecule has 2 heteroatoms. The summed E-state index contributed by atoms with van der Waals surface area (Å²) in [5.41, 5.74) is 1.00. The maximum absolute atomic E-state index is 10.9. The van der Waals surface area contributed by atoms with Crippen LogP contribution in [0, 0.1) is 12.3 Å². The molecule has 1 aliphatic rings. The van der Waals surface area contributed by atoms with Crippen LogP contribution in [0.5, 0.6) is 0 Å². The van der Waals surface area contributed by atoms with E-state index in [1.165, 1.54) is 0 Å². The fourth-order valence-corrected chi connectivity index (χ4v) is 1.42. The van der Waals surface area contributed by atoms with Crippen LogP contribution in [-0.2, 0) is 4.79 Å². The first-order chi connectivity index (χ1) is 6.26. The highest BCUT2D eigenvalue weighted by Gasteiger charge is 2.13. The van der Waals surface area contributed by atoms with Gasteiger partial charge in [-0.2, -0.15) is 0 Å². The van der Waals surface area contributed by atoms with Gasteiger partial charge in [-0.1, -0.05) is 19.3 Å². The zero-order valence-corrected chi connectivity index (χ0v) is 7.97. The molecule has 1 atom stereocenters. The van der Waals surface area contributed by atoms with Crippen molar-refractivity contribution in [2.75, 3.05) is 0 Å². The van der Waals surface area contributed by atoms with Crippen molar-refractivity contribution in [3.63, 3.8) is 0 Å². The predicted molar refractivity (Wildman–Crippen MR) is 53.0 cm³/mol. The minimum absolute atomic E-state index is 0.0853. The summed E-state index contributed by atoms with van der Waals surface area (Å²) in [6, 6.07) is 0.0853. The van der Waals surface area contributed by atoms with E-state index in [1.54, 1.807) is 6.08 Å². The lowest BCUT2D eigenvalue weighted by Crippen LogP contribution is -2.25. The second kappa shape index (κ2) is 4.71. The zero-order chi connectivity index (χ0) is 9.68. The molecule has 0 bridgehead atoms. The number of rotatable bonds is 4. The lowest BCUT2D eigenvalue weighted by atomic mass is 10.1. The minimum atomic E-state index is 0.0853. The number of nitrogens with one attached hydrogen (secondary N) is 1. The minimum Gasteiger partial charge on any atom is -0.375 e. The first-order valence-corrected chi connectivity index (χ1v) is 4.72. The van der Waals surface area contributed by atoms with Gasteiger partial charge in [0.1, 0.15) is 0 Å². The molecule has 0 amide bonds. The molecule has 1 aliphatic carbocycles. The Hall–Kier alpha value is -1.23. The van der Waals surface area contributed by atoms with Crippen LogP contribution in [0.3, 0.4) is 0 Å². The molecule has 0 aromatic rings. The fraction of sp³-hybridized carbons (Fsp3) is 0.545. The third kappa shape index (κ3) is 2.95. The van der Waals surface area contributed by atoms with Gasteiger partial charge in [0.05, 0.1) is 6.04 Å². The molecule has 0 aromatic carbocycles. The van der Waals surface area contributed by atoms with Gasteiger partial charge in [-0.05, 0) is 12.8 Å². The fourth-order valence-electron chi connectivity index (χ4n) is 1.42. The van der Waals surface area contributed by atoms with Crippen LogP contribution in [0.1, 0.15) is 32.6 Å². The van der Waals surface area contributed by atoms with E-state index in [9.17, 15) is 4.79 Å². The largest absolute Gasteiger partial charge is 0.375 e. The summed E-state index contributed by atoms with van der Waals surface area (Å²) in [7, 11) is 0. The topological polar surface area (TPSA) is 29.1 Å². The number of hydrogen-bond donors (Lipinski definition) is 1. The Morgan fingerprint density at radius 2 is 2.46 bits per heavy atom. The second-order valence-corrected chi connectivity index (χ2v) is 3.29. The van der Waals surface area contributed by atoms with E-state index < -0.39 is 0 Å².